The molecule has 0 heterocycles. The topological polar surface area (TPSA) is 67.9 Å². The summed E-state index contributed by atoms with van der Waals surface area (Å²) >= 11 is 3.45. The summed E-state index contributed by atoms with van der Waals surface area (Å²) in [5.41, 5.74) is -0.107. The van der Waals surface area contributed by atoms with Crippen molar-refractivity contribution in [3.05, 3.63) is 34.3 Å². The third kappa shape index (κ3) is 10.9. The van der Waals surface area contributed by atoms with Gasteiger partial charge >= 0.3 is 12.2 Å². The molecule has 0 fully saturated rings. The summed E-state index contributed by atoms with van der Waals surface area (Å²) in [5, 5.41) is 2.71. The van der Waals surface area contributed by atoms with E-state index in [0.717, 1.165) is 10.0 Å². The summed E-state index contributed by atoms with van der Waals surface area (Å²) in [7, 11) is 0. The zero-order chi connectivity index (χ0) is 20.7. The molecule has 2 amide bonds. The average Bonchev–Trinajstić information content (AvgIpc) is 2.46. The van der Waals surface area contributed by atoms with Crippen LogP contribution in [0.1, 0.15) is 53.5 Å². The SMILES string of the molecule is CC(C)(C)OC(=O)NCCCN(Cc1cccc(Br)c1)C(=O)OC(C)(C)C. The maximum Gasteiger partial charge on any atom is 0.410 e. The Morgan fingerprint density at radius 2 is 1.70 bits per heavy atom. The van der Waals surface area contributed by atoms with Crippen molar-refractivity contribution in [3.63, 3.8) is 0 Å². The fourth-order valence-electron chi connectivity index (χ4n) is 2.19. The number of rotatable bonds is 6. The molecule has 1 N–H and O–H groups in total. The number of nitrogens with one attached hydrogen (secondary N) is 1. The lowest BCUT2D eigenvalue weighted by Gasteiger charge is -2.27. The highest BCUT2D eigenvalue weighted by atomic mass is 79.9. The molecule has 6 nitrogen and oxygen atoms in total. The number of halogens is 1. The maximum atomic E-state index is 12.5. The molecule has 1 aromatic carbocycles. The molecule has 1 rings (SSSR count). The van der Waals surface area contributed by atoms with Gasteiger partial charge in [0.1, 0.15) is 11.2 Å². The molecule has 152 valence electrons. The molecule has 0 spiro atoms. The molecule has 0 aliphatic carbocycles. The Balaban J connectivity index is 2.63. The van der Waals surface area contributed by atoms with Crippen LogP contribution in [-0.4, -0.2) is 41.4 Å². The van der Waals surface area contributed by atoms with E-state index in [1.807, 2.05) is 65.8 Å². The Labute approximate surface area is 170 Å². The smallest absolute Gasteiger partial charge is 0.410 e. The predicted molar refractivity (Wildman–Crippen MR) is 110 cm³/mol. The molecule has 0 radical (unpaired) electrons. The molecule has 0 bridgehead atoms. The van der Waals surface area contributed by atoms with Crippen molar-refractivity contribution in [3.8, 4) is 0 Å². The van der Waals surface area contributed by atoms with Crippen LogP contribution in [0.3, 0.4) is 0 Å². The lowest BCUT2D eigenvalue weighted by Crippen LogP contribution is -2.38. The van der Waals surface area contributed by atoms with Gasteiger partial charge in [0.2, 0.25) is 0 Å². The van der Waals surface area contributed by atoms with Gasteiger partial charge < -0.3 is 19.7 Å². The number of alkyl carbamates (subject to hydrolysis) is 1. The van der Waals surface area contributed by atoms with Gasteiger partial charge in [-0.1, -0.05) is 28.1 Å². The molecule has 0 saturated carbocycles. The van der Waals surface area contributed by atoms with Crippen LogP contribution < -0.4 is 5.32 Å². The number of nitrogens with zero attached hydrogens (tertiary/aromatic N) is 1. The summed E-state index contributed by atoms with van der Waals surface area (Å²) in [6.45, 7) is 12.3. The number of amides is 2. The minimum absolute atomic E-state index is 0.375. The summed E-state index contributed by atoms with van der Waals surface area (Å²) < 4.78 is 11.7. The largest absolute Gasteiger partial charge is 0.444 e. The van der Waals surface area contributed by atoms with Crippen LogP contribution in [0, 0.1) is 0 Å². The Bertz CT molecular complexity index is 636. The molecular weight excluding hydrogens is 412 g/mol. The minimum Gasteiger partial charge on any atom is -0.444 e. The van der Waals surface area contributed by atoms with E-state index >= 15 is 0 Å². The molecule has 27 heavy (non-hydrogen) atoms. The van der Waals surface area contributed by atoms with Crippen molar-refractivity contribution < 1.29 is 19.1 Å². The average molecular weight is 443 g/mol. The molecule has 0 aromatic heterocycles. The molecule has 0 aliphatic rings. The van der Waals surface area contributed by atoms with Crippen LogP contribution >= 0.6 is 15.9 Å². The fraction of sp³-hybridized carbons (Fsp3) is 0.600. The third-order valence-corrected chi connectivity index (χ3v) is 3.68. The Morgan fingerprint density at radius 1 is 1.07 bits per heavy atom. The van der Waals surface area contributed by atoms with Gasteiger partial charge in [-0.2, -0.15) is 0 Å². The van der Waals surface area contributed by atoms with Gasteiger partial charge in [-0.15, -0.1) is 0 Å². The minimum atomic E-state index is -0.568. The quantitative estimate of drug-likeness (QED) is 0.621. The van der Waals surface area contributed by atoms with E-state index in [1.165, 1.54) is 0 Å². The van der Waals surface area contributed by atoms with Crippen LogP contribution in [0.15, 0.2) is 28.7 Å². The molecule has 0 atom stereocenters. The van der Waals surface area contributed by atoms with E-state index in [0.29, 0.717) is 26.1 Å². The third-order valence-electron chi connectivity index (χ3n) is 3.19. The van der Waals surface area contributed by atoms with Gasteiger partial charge in [-0.25, -0.2) is 9.59 Å². The zero-order valence-electron chi connectivity index (χ0n) is 17.1. The van der Waals surface area contributed by atoms with Crippen molar-refractivity contribution in [2.45, 2.75) is 65.7 Å². The highest BCUT2D eigenvalue weighted by Crippen LogP contribution is 2.16. The van der Waals surface area contributed by atoms with Gasteiger partial charge in [0.25, 0.3) is 0 Å². The highest BCUT2D eigenvalue weighted by molar-refractivity contribution is 9.10. The van der Waals surface area contributed by atoms with Crippen molar-refractivity contribution in [1.29, 1.82) is 0 Å². The molecule has 0 saturated heterocycles. The Morgan fingerprint density at radius 3 is 2.26 bits per heavy atom. The predicted octanol–water partition coefficient (Wildman–Crippen LogP) is 5.10. The second-order valence-electron chi connectivity index (χ2n) is 8.31. The molecule has 0 aliphatic heterocycles. The van der Waals surface area contributed by atoms with E-state index in [1.54, 1.807) is 4.90 Å². The monoisotopic (exact) mass is 442 g/mol. The van der Waals surface area contributed by atoms with Gasteiger partial charge in [-0.3, -0.25) is 0 Å². The van der Waals surface area contributed by atoms with Gasteiger partial charge in [-0.05, 0) is 65.7 Å². The maximum absolute atomic E-state index is 12.5. The van der Waals surface area contributed by atoms with E-state index in [-0.39, 0.29) is 6.09 Å². The number of carbonyl (C=O) groups is 2. The van der Waals surface area contributed by atoms with E-state index in [2.05, 4.69) is 21.2 Å². The summed E-state index contributed by atoms with van der Waals surface area (Å²) in [6, 6.07) is 7.79. The number of carbonyl (C=O) groups excluding carboxylic acids is 2. The van der Waals surface area contributed by atoms with Crippen molar-refractivity contribution in [1.82, 2.24) is 10.2 Å². The lowest BCUT2D eigenvalue weighted by atomic mass is 10.2. The van der Waals surface area contributed by atoms with Crippen LogP contribution in [0.5, 0.6) is 0 Å². The standard InChI is InChI=1S/C20H31BrN2O4/c1-19(2,3)26-17(24)22-11-8-12-23(18(25)27-20(4,5)6)14-15-9-7-10-16(21)13-15/h7,9-10,13H,8,11-12,14H2,1-6H3,(H,22,24). The Kier molecular flexibility index (Phi) is 8.59. The zero-order valence-corrected chi connectivity index (χ0v) is 18.7. The molecule has 0 unspecified atom stereocenters. The van der Waals surface area contributed by atoms with Gasteiger partial charge in [0.15, 0.2) is 0 Å². The Hall–Kier alpha value is -1.76. The lowest BCUT2D eigenvalue weighted by molar-refractivity contribution is 0.0231. The second kappa shape index (κ2) is 9.97. The number of hydrogen-bond donors (Lipinski definition) is 1. The summed E-state index contributed by atoms with van der Waals surface area (Å²) in [4.78, 5) is 25.9. The van der Waals surface area contributed by atoms with E-state index < -0.39 is 17.3 Å². The highest BCUT2D eigenvalue weighted by Gasteiger charge is 2.22. The summed E-state index contributed by atoms with van der Waals surface area (Å²) in [5.74, 6) is 0. The van der Waals surface area contributed by atoms with Crippen LogP contribution in [0.2, 0.25) is 0 Å². The van der Waals surface area contributed by atoms with Gasteiger partial charge in [0.05, 0.1) is 0 Å². The first kappa shape index (κ1) is 23.3. The fourth-order valence-corrected chi connectivity index (χ4v) is 2.64. The number of hydrogen-bond acceptors (Lipinski definition) is 4. The normalized spacial score (nSPS) is 11.7. The van der Waals surface area contributed by atoms with Crippen LogP contribution in [0.25, 0.3) is 0 Å². The van der Waals surface area contributed by atoms with Crippen LogP contribution in [0.4, 0.5) is 9.59 Å². The van der Waals surface area contributed by atoms with Crippen molar-refractivity contribution in [2.24, 2.45) is 0 Å². The molecule has 1 aromatic rings. The van der Waals surface area contributed by atoms with Crippen LogP contribution in [-0.2, 0) is 16.0 Å². The number of ether oxygens (including phenoxy) is 2. The first-order chi connectivity index (χ1) is 12.4. The van der Waals surface area contributed by atoms with E-state index in [4.69, 9.17) is 9.47 Å². The second-order valence-corrected chi connectivity index (χ2v) is 9.23. The summed E-state index contributed by atoms with van der Waals surface area (Å²) in [6.07, 6.45) is -0.245. The molecule has 7 heteroatoms. The van der Waals surface area contributed by atoms with E-state index in [9.17, 15) is 9.59 Å². The van der Waals surface area contributed by atoms with Crippen molar-refractivity contribution in [2.75, 3.05) is 13.1 Å². The number of benzene rings is 1. The van der Waals surface area contributed by atoms with Crippen molar-refractivity contribution >= 4 is 28.1 Å². The van der Waals surface area contributed by atoms with Gasteiger partial charge in [0, 0.05) is 24.1 Å². The first-order valence-electron chi connectivity index (χ1n) is 9.05. The first-order valence-corrected chi connectivity index (χ1v) is 9.84. The molecular formula is C20H31BrN2O4.